The predicted octanol–water partition coefficient (Wildman–Crippen LogP) is 2.59. The lowest BCUT2D eigenvalue weighted by Crippen LogP contribution is -2.40. The lowest BCUT2D eigenvalue weighted by molar-refractivity contribution is 0.0735. The van der Waals surface area contributed by atoms with Crippen LogP contribution in [0.1, 0.15) is 22.1 Å². The minimum absolute atomic E-state index is 0.0253. The first-order valence-corrected chi connectivity index (χ1v) is 6.08. The maximum Gasteiger partial charge on any atom is 0.257 e. The Morgan fingerprint density at radius 1 is 1.16 bits per heavy atom. The van der Waals surface area contributed by atoms with Gasteiger partial charge < -0.3 is 15.3 Å². The molecule has 1 aliphatic rings. The number of amides is 1. The average molecular weight is 254 g/mol. The molecule has 19 heavy (non-hydrogen) atoms. The number of phenolic OH excluding ortho intramolecular Hbond substituents is 1. The molecule has 0 saturated heterocycles. The number of nitrogens with zero attached hydrogens (tertiary/aromatic N) is 1. The zero-order valence-corrected chi connectivity index (χ0v) is 10.5. The molecule has 1 atom stereocenters. The highest BCUT2D eigenvalue weighted by molar-refractivity contribution is 6.01. The largest absolute Gasteiger partial charge is 0.508 e. The summed E-state index contributed by atoms with van der Waals surface area (Å²) in [5.41, 5.74) is 2.34. The van der Waals surface area contributed by atoms with E-state index >= 15 is 0 Å². The average Bonchev–Trinajstić information content (AvgIpc) is 2.43. The minimum Gasteiger partial charge on any atom is -0.508 e. The number of hydrogen-bond donors (Lipinski definition) is 2. The number of hydrogen-bond acceptors (Lipinski definition) is 3. The molecule has 3 rings (SSSR count). The fraction of sp³-hybridized carbons (Fsp3) is 0.133. The van der Waals surface area contributed by atoms with Crippen LogP contribution in [-0.4, -0.2) is 23.0 Å². The molecule has 2 N–H and O–H groups in total. The van der Waals surface area contributed by atoms with Crippen LogP contribution in [0.4, 0.5) is 5.69 Å². The second kappa shape index (κ2) is 4.31. The van der Waals surface area contributed by atoms with Crippen LogP contribution in [0.25, 0.3) is 0 Å². The number of nitrogens with one attached hydrogen (secondary N) is 1. The van der Waals surface area contributed by atoms with E-state index < -0.39 is 0 Å². The summed E-state index contributed by atoms with van der Waals surface area (Å²) in [6.45, 7) is 0. The maximum atomic E-state index is 12.3. The molecule has 0 radical (unpaired) electrons. The van der Waals surface area contributed by atoms with Gasteiger partial charge in [-0.2, -0.15) is 0 Å². The number of phenols is 1. The SMILES string of the molecule is CN1C(=O)c2ccccc2NC1c1cccc(O)c1. The molecule has 2 aromatic carbocycles. The Hall–Kier alpha value is -2.49. The van der Waals surface area contributed by atoms with E-state index in [0.29, 0.717) is 5.56 Å². The Morgan fingerprint density at radius 3 is 2.74 bits per heavy atom. The van der Waals surface area contributed by atoms with Gasteiger partial charge in [0.15, 0.2) is 0 Å². The van der Waals surface area contributed by atoms with Crippen molar-refractivity contribution >= 4 is 11.6 Å². The van der Waals surface area contributed by atoms with Gasteiger partial charge >= 0.3 is 0 Å². The molecule has 96 valence electrons. The zero-order chi connectivity index (χ0) is 13.4. The first kappa shape index (κ1) is 11.6. The van der Waals surface area contributed by atoms with Gasteiger partial charge in [0.05, 0.1) is 5.56 Å². The van der Waals surface area contributed by atoms with Crippen molar-refractivity contribution in [3.8, 4) is 5.75 Å². The fourth-order valence-corrected chi connectivity index (χ4v) is 2.35. The third-order valence-corrected chi connectivity index (χ3v) is 3.34. The first-order valence-electron chi connectivity index (χ1n) is 6.08. The van der Waals surface area contributed by atoms with E-state index in [2.05, 4.69) is 5.32 Å². The number of fused-ring (bicyclic) bond motifs is 1. The molecular formula is C15H14N2O2. The maximum absolute atomic E-state index is 12.3. The number of para-hydroxylation sites is 1. The second-order valence-corrected chi connectivity index (χ2v) is 4.60. The monoisotopic (exact) mass is 254 g/mol. The summed E-state index contributed by atoms with van der Waals surface area (Å²) in [5.74, 6) is 0.168. The van der Waals surface area contributed by atoms with Crippen LogP contribution in [0.15, 0.2) is 48.5 Å². The lowest BCUT2D eigenvalue weighted by Gasteiger charge is -2.35. The highest BCUT2D eigenvalue weighted by atomic mass is 16.3. The van der Waals surface area contributed by atoms with Gasteiger partial charge in [-0.05, 0) is 29.8 Å². The van der Waals surface area contributed by atoms with E-state index in [1.54, 1.807) is 36.2 Å². The molecule has 1 unspecified atom stereocenters. The summed E-state index contributed by atoms with van der Waals surface area (Å²) in [5, 5.41) is 12.9. The van der Waals surface area contributed by atoms with Crippen molar-refractivity contribution in [2.45, 2.75) is 6.17 Å². The zero-order valence-electron chi connectivity index (χ0n) is 10.5. The molecule has 0 aromatic heterocycles. The molecule has 0 fully saturated rings. The summed E-state index contributed by atoms with van der Waals surface area (Å²) in [6.07, 6.45) is -0.269. The van der Waals surface area contributed by atoms with Crippen LogP contribution in [0.5, 0.6) is 5.75 Å². The molecule has 0 spiro atoms. The molecule has 1 amide bonds. The number of carbonyl (C=O) groups excluding carboxylic acids is 1. The Labute approximate surface area is 111 Å². The fourth-order valence-electron chi connectivity index (χ4n) is 2.35. The van der Waals surface area contributed by atoms with E-state index in [9.17, 15) is 9.90 Å². The van der Waals surface area contributed by atoms with Crippen molar-refractivity contribution in [3.05, 3.63) is 59.7 Å². The number of carbonyl (C=O) groups is 1. The lowest BCUT2D eigenvalue weighted by atomic mass is 10.0. The summed E-state index contributed by atoms with van der Waals surface area (Å²) in [7, 11) is 1.75. The highest BCUT2D eigenvalue weighted by Gasteiger charge is 2.29. The first-order chi connectivity index (χ1) is 9.16. The minimum atomic E-state index is -0.269. The van der Waals surface area contributed by atoms with E-state index in [0.717, 1.165) is 11.3 Å². The summed E-state index contributed by atoms with van der Waals surface area (Å²) < 4.78 is 0. The highest BCUT2D eigenvalue weighted by Crippen LogP contribution is 2.32. The number of aromatic hydroxyl groups is 1. The number of anilines is 1. The normalized spacial score (nSPS) is 17.8. The van der Waals surface area contributed by atoms with Gasteiger partial charge in [0, 0.05) is 12.7 Å². The second-order valence-electron chi connectivity index (χ2n) is 4.60. The standard InChI is InChI=1S/C15H14N2O2/c1-17-14(10-5-4-6-11(18)9-10)16-13-8-3-2-7-12(13)15(17)19/h2-9,14,16,18H,1H3. The van der Waals surface area contributed by atoms with Crippen LogP contribution < -0.4 is 5.32 Å². The smallest absolute Gasteiger partial charge is 0.257 e. The molecule has 0 aliphatic carbocycles. The van der Waals surface area contributed by atoms with E-state index in [-0.39, 0.29) is 17.8 Å². The van der Waals surface area contributed by atoms with Crippen molar-refractivity contribution in [3.63, 3.8) is 0 Å². The van der Waals surface area contributed by atoms with Crippen LogP contribution in [0, 0.1) is 0 Å². The van der Waals surface area contributed by atoms with E-state index in [1.807, 2.05) is 24.3 Å². The number of rotatable bonds is 1. The number of benzene rings is 2. The van der Waals surface area contributed by atoms with Gasteiger partial charge in [0.2, 0.25) is 0 Å². The van der Waals surface area contributed by atoms with Crippen LogP contribution in [0.2, 0.25) is 0 Å². The van der Waals surface area contributed by atoms with Gasteiger partial charge in [0.1, 0.15) is 11.9 Å². The Bertz CT molecular complexity index is 640. The topological polar surface area (TPSA) is 52.6 Å². The molecule has 1 heterocycles. The molecule has 4 heteroatoms. The van der Waals surface area contributed by atoms with Crippen molar-refractivity contribution < 1.29 is 9.90 Å². The van der Waals surface area contributed by atoms with Crippen molar-refractivity contribution in [1.82, 2.24) is 4.90 Å². The predicted molar refractivity (Wildman–Crippen MR) is 73.0 cm³/mol. The quantitative estimate of drug-likeness (QED) is 0.822. The van der Waals surface area contributed by atoms with E-state index in [1.165, 1.54) is 0 Å². The van der Waals surface area contributed by atoms with Crippen molar-refractivity contribution in [2.24, 2.45) is 0 Å². The van der Waals surface area contributed by atoms with Gasteiger partial charge in [0.25, 0.3) is 5.91 Å². The Morgan fingerprint density at radius 2 is 1.95 bits per heavy atom. The third kappa shape index (κ3) is 1.91. The molecule has 4 nitrogen and oxygen atoms in total. The van der Waals surface area contributed by atoms with Crippen LogP contribution in [-0.2, 0) is 0 Å². The van der Waals surface area contributed by atoms with Gasteiger partial charge in [-0.15, -0.1) is 0 Å². The summed E-state index contributed by atoms with van der Waals surface area (Å²) in [4.78, 5) is 13.9. The molecule has 0 saturated carbocycles. The van der Waals surface area contributed by atoms with Crippen molar-refractivity contribution in [2.75, 3.05) is 12.4 Å². The van der Waals surface area contributed by atoms with Crippen LogP contribution >= 0.6 is 0 Å². The molecular weight excluding hydrogens is 240 g/mol. The van der Waals surface area contributed by atoms with Crippen molar-refractivity contribution in [1.29, 1.82) is 0 Å². The van der Waals surface area contributed by atoms with Gasteiger partial charge in [-0.1, -0.05) is 24.3 Å². The summed E-state index contributed by atoms with van der Waals surface area (Å²) >= 11 is 0. The molecule has 2 aromatic rings. The summed E-state index contributed by atoms with van der Waals surface area (Å²) in [6, 6.07) is 14.4. The van der Waals surface area contributed by atoms with Gasteiger partial charge in [-0.3, -0.25) is 4.79 Å². The van der Waals surface area contributed by atoms with E-state index in [4.69, 9.17) is 0 Å². The van der Waals surface area contributed by atoms with Gasteiger partial charge in [-0.25, -0.2) is 0 Å². The third-order valence-electron chi connectivity index (χ3n) is 3.34. The molecule has 0 bridgehead atoms. The Balaban J connectivity index is 2.04. The van der Waals surface area contributed by atoms with Crippen LogP contribution in [0.3, 0.4) is 0 Å². The Kier molecular flexibility index (Phi) is 2.63. The molecule has 1 aliphatic heterocycles.